The van der Waals surface area contributed by atoms with Gasteiger partial charge in [-0.05, 0) is 61.4 Å². The van der Waals surface area contributed by atoms with E-state index in [0.29, 0.717) is 43.8 Å². The summed E-state index contributed by atoms with van der Waals surface area (Å²) in [6, 6.07) is 13.2. The monoisotopic (exact) mass is 619 g/mol. The lowest BCUT2D eigenvalue weighted by molar-refractivity contribution is -0.161. The maximum absolute atomic E-state index is 13.5. The van der Waals surface area contributed by atoms with Crippen LogP contribution in [-0.2, 0) is 22.6 Å². The molecule has 2 aliphatic rings. The lowest BCUT2D eigenvalue weighted by Crippen LogP contribution is -2.73. The Morgan fingerprint density at radius 1 is 1.10 bits per heavy atom. The van der Waals surface area contributed by atoms with Crippen LogP contribution in [0.3, 0.4) is 0 Å². The van der Waals surface area contributed by atoms with Crippen LogP contribution < -0.4 is 5.32 Å². The number of carbonyl (C=O) groups excluding carboxylic acids is 3. The highest BCUT2D eigenvalue weighted by molar-refractivity contribution is 6.00. The second-order valence-corrected chi connectivity index (χ2v) is 11.8. The van der Waals surface area contributed by atoms with Crippen LogP contribution in [0.25, 0.3) is 0 Å². The van der Waals surface area contributed by atoms with Gasteiger partial charge in [-0.3, -0.25) is 24.3 Å². The second-order valence-electron chi connectivity index (χ2n) is 11.8. The number of aromatic nitrogens is 1. The van der Waals surface area contributed by atoms with Gasteiger partial charge in [0.1, 0.15) is 11.6 Å². The first-order valence-electron chi connectivity index (χ1n) is 14.8. The van der Waals surface area contributed by atoms with Gasteiger partial charge in [-0.1, -0.05) is 45.4 Å². The van der Waals surface area contributed by atoms with Gasteiger partial charge < -0.3 is 15.1 Å². The van der Waals surface area contributed by atoms with Crippen molar-refractivity contribution in [3.63, 3.8) is 0 Å². The third kappa shape index (κ3) is 8.45. The van der Waals surface area contributed by atoms with Crippen molar-refractivity contribution in [1.29, 1.82) is 0 Å². The van der Waals surface area contributed by atoms with E-state index in [1.807, 2.05) is 54.4 Å². The fourth-order valence-electron chi connectivity index (χ4n) is 5.89. The SMILES string of the molecule is CCCCN1C(=O)[C@H](CC(C)C)NC(=O)C12CCN(Cc1ccc(C(=O)N(C)CCc3ccccn3)cc1)CC2.Cl.Cl. The van der Waals surface area contributed by atoms with Gasteiger partial charge in [-0.15, -0.1) is 24.8 Å². The van der Waals surface area contributed by atoms with Crippen molar-refractivity contribution < 1.29 is 14.4 Å². The normalized spacial score (nSPS) is 18.3. The minimum Gasteiger partial charge on any atom is -0.342 e. The predicted molar refractivity (Wildman–Crippen MR) is 171 cm³/mol. The van der Waals surface area contributed by atoms with E-state index >= 15 is 0 Å². The molecule has 2 saturated heterocycles. The Hall–Kier alpha value is -2.68. The standard InChI is InChI=1S/C32H45N5O3.2ClH/c1-5-6-18-37-30(39)28(22-24(2)3)34-31(40)32(37)15-20-36(21-16-32)23-25-10-12-26(13-11-25)29(38)35(4)19-14-27-9-7-8-17-33-27;;/h7-13,17,24,28H,5-6,14-16,18-23H2,1-4H3,(H,34,40);2*1H/t28-;;/m0../s1. The number of nitrogens with one attached hydrogen (secondary N) is 1. The summed E-state index contributed by atoms with van der Waals surface area (Å²) in [6.07, 6.45) is 6.33. The zero-order valence-corrected chi connectivity index (χ0v) is 27.0. The Bertz CT molecular complexity index is 1150. The van der Waals surface area contributed by atoms with Crippen LogP contribution in [0.5, 0.6) is 0 Å². The number of unbranched alkanes of at least 4 members (excludes halogenated alkanes) is 1. The number of hydrogen-bond donors (Lipinski definition) is 1. The first-order chi connectivity index (χ1) is 19.2. The summed E-state index contributed by atoms with van der Waals surface area (Å²) in [4.78, 5) is 50.2. The average Bonchev–Trinajstić information content (AvgIpc) is 2.96. The summed E-state index contributed by atoms with van der Waals surface area (Å²) in [5, 5.41) is 3.09. The van der Waals surface area contributed by atoms with E-state index in [1.165, 1.54) is 0 Å². The van der Waals surface area contributed by atoms with E-state index in [0.717, 1.165) is 50.2 Å². The van der Waals surface area contributed by atoms with Gasteiger partial charge in [0.15, 0.2) is 0 Å². The minimum atomic E-state index is -0.744. The van der Waals surface area contributed by atoms with Gasteiger partial charge in [0.05, 0.1) is 0 Å². The molecule has 0 bridgehead atoms. The molecular weight excluding hydrogens is 573 g/mol. The molecule has 2 aliphatic heterocycles. The van der Waals surface area contributed by atoms with Crippen molar-refractivity contribution in [3.05, 3.63) is 65.5 Å². The molecule has 0 radical (unpaired) electrons. The molecule has 1 aromatic heterocycles. The molecule has 1 atom stereocenters. The summed E-state index contributed by atoms with van der Waals surface area (Å²) in [5.74, 6) is 0.439. The van der Waals surface area contributed by atoms with Crippen LogP contribution in [0.1, 0.15) is 74.5 Å². The van der Waals surface area contributed by atoms with Gasteiger partial charge in [0.2, 0.25) is 11.8 Å². The highest BCUT2D eigenvalue weighted by Crippen LogP contribution is 2.34. The molecular formula is C32H47Cl2N5O3. The molecule has 232 valence electrons. The second kappa shape index (κ2) is 16.2. The first kappa shape index (κ1) is 35.5. The van der Waals surface area contributed by atoms with Crippen LogP contribution in [-0.4, -0.2) is 82.2 Å². The number of piperazine rings is 1. The number of carbonyl (C=O) groups is 3. The van der Waals surface area contributed by atoms with Crippen molar-refractivity contribution in [2.45, 2.75) is 77.4 Å². The number of likely N-dealkylation sites (tertiary alicyclic amines) is 1. The number of halogens is 2. The Labute approximate surface area is 263 Å². The zero-order chi connectivity index (χ0) is 28.7. The molecule has 2 fully saturated rings. The number of benzene rings is 1. The summed E-state index contributed by atoms with van der Waals surface area (Å²) >= 11 is 0. The zero-order valence-electron chi connectivity index (χ0n) is 25.4. The van der Waals surface area contributed by atoms with Crippen molar-refractivity contribution in [1.82, 2.24) is 25.0 Å². The first-order valence-corrected chi connectivity index (χ1v) is 14.8. The van der Waals surface area contributed by atoms with Crippen LogP contribution in [0.4, 0.5) is 0 Å². The van der Waals surface area contributed by atoms with Gasteiger partial charge in [-0.25, -0.2) is 0 Å². The average molecular weight is 621 g/mol. The summed E-state index contributed by atoms with van der Waals surface area (Å²) in [7, 11) is 1.82. The Balaban J connectivity index is 0.00000308. The van der Waals surface area contributed by atoms with Crippen LogP contribution >= 0.6 is 24.8 Å². The van der Waals surface area contributed by atoms with Crippen molar-refractivity contribution >= 4 is 42.5 Å². The number of nitrogens with zero attached hydrogens (tertiary/aromatic N) is 4. The highest BCUT2D eigenvalue weighted by atomic mass is 35.5. The number of amides is 3. The summed E-state index contributed by atoms with van der Waals surface area (Å²) in [6.45, 7) is 9.78. The number of pyridine rings is 1. The van der Waals surface area contributed by atoms with E-state index in [4.69, 9.17) is 0 Å². The third-order valence-corrected chi connectivity index (χ3v) is 8.32. The molecule has 8 nitrogen and oxygen atoms in total. The van der Waals surface area contributed by atoms with Crippen LogP contribution in [0.15, 0.2) is 48.7 Å². The van der Waals surface area contributed by atoms with Gasteiger partial charge in [0, 0.05) is 63.6 Å². The molecule has 2 aromatic rings. The van der Waals surface area contributed by atoms with E-state index in [2.05, 4.69) is 36.0 Å². The third-order valence-electron chi connectivity index (χ3n) is 8.32. The Morgan fingerprint density at radius 2 is 1.79 bits per heavy atom. The molecule has 0 saturated carbocycles. The minimum absolute atomic E-state index is 0. The topological polar surface area (TPSA) is 85.8 Å². The number of piperidine rings is 1. The number of likely N-dealkylation sites (N-methyl/N-ethyl adjacent to an activating group) is 1. The molecule has 1 aromatic carbocycles. The van der Waals surface area contributed by atoms with E-state index in [1.54, 1.807) is 11.1 Å². The van der Waals surface area contributed by atoms with E-state index in [-0.39, 0.29) is 42.5 Å². The molecule has 0 aliphatic carbocycles. The number of rotatable bonds is 11. The maximum atomic E-state index is 13.5. The molecule has 1 N–H and O–H groups in total. The highest BCUT2D eigenvalue weighted by Gasteiger charge is 2.53. The molecule has 0 unspecified atom stereocenters. The lowest BCUT2D eigenvalue weighted by Gasteiger charge is -2.52. The van der Waals surface area contributed by atoms with Crippen LogP contribution in [0, 0.1) is 5.92 Å². The molecule has 4 rings (SSSR count). The van der Waals surface area contributed by atoms with Gasteiger partial charge in [-0.2, -0.15) is 0 Å². The van der Waals surface area contributed by atoms with Crippen molar-refractivity contribution in [3.8, 4) is 0 Å². The summed E-state index contributed by atoms with van der Waals surface area (Å²) < 4.78 is 0. The molecule has 1 spiro atoms. The molecule has 10 heteroatoms. The van der Waals surface area contributed by atoms with Crippen molar-refractivity contribution in [2.75, 3.05) is 33.2 Å². The lowest BCUT2D eigenvalue weighted by atomic mass is 9.80. The fourth-order valence-corrected chi connectivity index (χ4v) is 5.89. The maximum Gasteiger partial charge on any atom is 0.253 e. The van der Waals surface area contributed by atoms with Gasteiger partial charge in [0.25, 0.3) is 5.91 Å². The predicted octanol–water partition coefficient (Wildman–Crippen LogP) is 4.75. The van der Waals surface area contributed by atoms with E-state index < -0.39 is 11.6 Å². The fraction of sp³-hybridized carbons (Fsp3) is 0.562. The van der Waals surface area contributed by atoms with E-state index in [9.17, 15) is 14.4 Å². The molecule has 42 heavy (non-hydrogen) atoms. The number of hydrogen-bond acceptors (Lipinski definition) is 5. The van der Waals surface area contributed by atoms with Gasteiger partial charge >= 0.3 is 0 Å². The van der Waals surface area contributed by atoms with Crippen LogP contribution in [0.2, 0.25) is 0 Å². The smallest absolute Gasteiger partial charge is 0.253 e. The summed E-state index contributed by atoms with van der Waals surface area (Å²) in [5.41, 5.74) is 2.03. The Morgan fingerprint density at radius 3 is 2.38 bits per heavy atom. The molecule has 3 amide bonds. The van der Waals surface area contributed by atoms with Crippen molar-refractivity contribution in [2.24, 2.45) is 5.92 Å². The quantitative estimate of drug-likeness (QED) is 0.392. The Kier molecular flexibility index (Phi) is 13.7. The largest absolute Gasteiger partial charge is 0.342 e. The molecule has 3 heterocycles.